The summed E-state index contributed by atoms with van der Waals surface area (Å²) < 4.78 is 0. The molecular weight excluding hydrogens is 352 g/mol. The van der Waals surface area contributed by atoms with Gasteiger partial charge in [0, 0.05) is 50.6 Å². The molecule has 0 bridgehead atoms. The molecule has 0 radical (unpaired) electrons. The first-order valence-corrected chi connectivity index (χ1v) is 10.1. The van der Waals surface area contributed by atoms with Crippen LogP contribution >= 0.6 is 0 Å². The second-order valence-electron chi connectivity index (χ2n) is 7.62. The number of benzene rings is 1. The molecule has 0 saturated carbocycles. The van der Waals surface area contributed by atoms with Crippen LogP contribution in [0.2, 0.25) is 0 Å². The van der Waals surface area contributed by atoms with Gasteiger partial charge in [-0.05, 0) is 62.7 Å². The van der Waals surface area contributed by atoms with Crippen LogP contribution in [0.1, 0.15) is 29.8 Å². The number of likely N-dealkylation sites (tertiary alicyclic amines) is 1. The lowest BCUT2D eigenvalue weighted by molar-refractivity contribution is 0.0717. The van der Waals surface area contributed by atoms with Gasteiger partial charge in [-0.3, -0.25) is 4.79 Å². The Labute approximate surface area is 166 Å². The van der Waals surface area contributed by atoms with Gasteiger partial charge in [0.1, 0.15) is 0 Å². The van der Waals surface area contributed by atoms with Gasteiger partial charge < -0.3 is 20.0 Å². The van der Waals surface area contributed by atoms with Crippen LogP contribution in [0.3, 0.4) is 0 Å². The van der Waals surface area contributed by atoms with E-state index in [2.05, 4.69) is 56.6 Å². The van der Waals surface area contributed by atoms with E-state index in [1.807, 2.05) is 11.0 Å². The topological polar surface area (TPSA) is 64.6 Å². The fourth-order valence-corrected chi connectivity index (χ4v) is 3.74. The standard InChI is InChI=1S/C21H28N6O/c1-25-13-15-26(16-14-25)18-7-5-17(6-8-18)22-20-10-9-19(23-24-20)21(28)27-11-3-2-4-12-27/h5-10H,2-4,11-16H2,1H3,(H,22,24). The predicted octanol–water partition coefficient (Wildman–Crippen LogP) is 2.60. The Morgan fingerprint density at radius 3 is 2.21 bits per heavy atom. The van der Waals surface area contributed by atoms with E-state index in [0.717, 1.165) is 57.8 Å². The third-order valence-corrected chi connectivity index (χ3v) is 5.54. The molecule has 0 spiro atoms. The number of carbonyl (C=O) groups excluding carboxylic acids is 1. The van der Waals surface area contributed by atoms with Crippen molar-refractivity contribution in [1.82, 2.24) is 20.0 Å². The van der Waals surface area contributed by atoms with E-state index in [9.17, 15) is 4.79 Å². The maximum atomic E-state index is 12.5. The molecule has 2 aromatic rings. The van der Waals surface area contributed by atoms with Crippen molar-refractivity contribution in [3.8, 4) is 0 Å². The average Bonchev–Trinajstić information content (AvgIpc) is 2.76. The number of amides is 1. The molecule has 3 heterocycles. The van der Waals surface area contributed by atoms with Gasteiger partial charge in [0.05, 0.1) is 0 Å². The highest BCUT2D eigenvalue weighted by Gasteiger charge is 2.19. The molecule has 2 saturated heterocycles. The first-order valence-electron chi connectivity index (χ1n) is 10.1. The third-order valence-electron chi connectivity index (χ3n) is 5.54. The number of likely N-dealkylation sites (N-methyl/N-ethyl adjacent to an activating group) is 1. The molecule has 0 aliphatic carbocycles. The Balaban J connectivity index is 1.35. The molecule has 2 aliphatic rings. The normalized spacial score (nSPS) is 18.2. The summed E-state index contributed by atoms with van der Waals surface area (Å²) in [5, 5.41) is 11.6. The number of nitrogens with one attached hydrogen (secondary N) is 1. The first kappa shape index (κ1) is 18.7. The highest BCUT2D eigenvalue weighted by Crippen LogP contribution is 2.21. The van der Waals surface area contributed by atoms with Crippen LogP contribution < -0.4 is 10.2 Å². The average molecular weight is 380 g/mol. The van der Waals surface area contributed by atoms with E-state index >= 15 is 0 Å². The van der Waals surface area contributed by atoms with Crippen LogP contribution in [-0.2, 0) is 0 Å². The molecule has 7 heteroatoms. The maximum Gasteiger partial charge on any atom is 0.274 e. The minimum Gasteiger partial charge on any atom is -0.369 e. The minimum atomic E-state index is -0.0183. The molecule has 1 aromatic heterocycles. The highest BCUT2D eigenvalue weighted by molar-refractivity contribution is 5.92. The van der Waals surface area contributed by atoms with Crippen LogP contribution in [0.15, 0.2) is 36.4 Å². The van der Waals surface area contributed by atoms with Crippen LogP contribution in [0.5, 0.6) is 0 Å². The number of piperidine rings is 1. The summed E-state index contributed by atoms with van der Waals surface area (Å²) in [6, 6.07) is 12.0. The third kappa shape index (κ3) is 4.42. The fourth-order valence-electron chi connectivity index (χ4n) is 3.74. The predicted molar refractivity (Wildman–Crippen MR) is 111 cm³/mol. The van der Waals surface area contributed by atoms with Crippen molar-refractivity contribution in [2.45, 2.75) is 19.3 Å². The molecule has 1 amide bonds. The largest absolute Gasteiger partial charge is 0.369 e. The second-order valence-corrected chi connectivity index (χ2v) is 7.62. The summed E-state index contributed by atoms with van der Waals surface area (Å²) in [7, 11) is 2.16. The number of hydrogen-bond acceptors (Lipinski definition) is 6. The Kier molecular flexibility index (Phi) is 5.71. The maximum absolute atomic E-state index is 12.5. The zero-order valence-corrected chi connectivity index (χ0v) is 16.5. The van der Waals surface area contributed by atoms with Gasteiger partial charge in [-0.15, -0.1) is 10.2 Å². The summed E-state index contributed by atoms with van der Waals surface area (Å²) in [6.45, 7) is 5.94. The lowest BCUT2D eigenvalue weighted by Crippen LogP contribution is -2.44. The second kappa shape index (κ2) is 8.56. The number of aromatic nitrogens is 2. The Hall–Kier alpha value is -2.67. The molecule has 2 aliphatic heterocycles. The molecule has 1 aromatic carbocycles. The first-order chi connectivity index (χ1) is 13.7. The van der Waals surface area contributed by atoms with Crippen LogP contribution in [-0.4, -0.2) is 72.2 Å². The van der Waals surface area contributed by atoms with Crippen LogP contribution in [0.25, 0.3) is 0 Å². The molecule has 4 rings (SSSR count). The van der Waals surface area contributed by atoms with Crippen molar-refractivity contribution in [2.75, 3.05) is 56.5 Å². The Morgan fingerprint density at radius 1 is 0.857 bits per heavy atom. The number of hydrogen-bond donors (Lipinski definition) is 1. The Morgan fingerprint density at radius 2 is 1.57 bits per heavy atom. The van der Waals surface area contributed by atoms with Gasteiger partial charge in [-0.1, -0.05) is 0 Å². The number of piperazine rings is 1. The molecule has 7 nitrogen and oxygen atoms in total. The summed E-state index contributed by atoms with van der Waals surface area (Å²) in [5.74, 6) is 0.623. The van der Waals surface area contributed by atoms with Gasteiger partial charge in [0.2, 0.25) is 0 Å². The zero-order valence-electron chi connectivity index (χ0n) is 16.5. The van der Waals surface area contributed by atoms with E-state index < -0.39 is 0 Å². The van der Waals surface area contributed by atoms with Crippen molar-refractivity contribution in [1.29, 1.82) is 0 Å². The molecule has 0 atom stereocenters. The molecule has 28 heavy (non-hydrogen) atoms. The van der Waals surface area contributed by atoms with E-state index in [-0.39, 0.29) is 5.91 Å². The number of nitrogens with zero attached hydrogens (tertiary/aromatic N) is 5. The number of carbonyl (C=O) groups is 1. The molecule has 0 unspecified atom stereocenters. The van der Waals surface area contributed by atoms with Crippen LogP contribution in [0, 0.1) is 0 Å². The van der Waals surface area contributed by atoms with Gasteiger partial charge in [-0.25, -0.2) is 0 Å². The number of rotatable bonds is 4. The number of anilines is 3. The van der Waals surface area contributed by atoms with Crippen molar-refractivity contribution in [2.24, 2.45) is 0 Å². The zero-order chi connectivity index (χ0) is 19.3. The van der Waals surface area contributed by atoms with E-state index in [1.54, 1.807) is 6.07 Å². The molecule has 1 N–H and O–H groups in total. The highest BCUT2D eigenvalue weighted by atomic mass is 16.2. The van der Waals surface area contributed by atoms with Crippen LogP contribution in [0.4, 0.5) is 17.2 Å². The lowest BCUT2D eigenvalue weighted by Gasteiger charge is -2.34. The van der Waals surface area contributed by atoms with E-state index in [1.165, 1.54) is 12.1 Å². The monoisotopic (exact) mass is 380 g/mol. The van der Waals surface area contributed by atoms with Crippen molar-refractivity contribution < 1.29 is 4.79 Å². The smallest absolute Gasteiger partial charge is 0.274 e. The van der Waals surface area contributed by atoms with Crippen molar-refractivity contribution in [3.63, 3.8) is 0 Å². The van der Waals surface area contributed by atoms with Crippen molar-refractivity contribution in [3.05, 3.63) is 42.1 Å². The Bertz CT molecular complexity index is 778. The summed E-state index contributed by atoms with van der Waals surface area (Å²) in [6.07, 6.45) is 3.35. The van der Waals surface area contributed by atoms with E-state index in [0.29, 0.717) is 11.5 Å². The van der Waals surface area contributed by atoms with Crippen molar-refractivity contribution >= 4 is 23.1 Å². The van der Waals surface area contributed by atoms with Gasteiger partial charge >= 0.3 is 0 Å². The van der Waals surface area contributed by atoms with Gasteiger partial charge in [0.25, 0.3) is 5.91 Å². The summed E-state index contributed by atoms with van der Waals surface area (Å²) in [4.78, 5) is 19.1. The lowest BCUT2D eigenvalue weighted by atomic mass is 10.1. The summed E-state index contributed by atoms with van der Waals surface area (Å²) in [5.41, 5.74) is 2.62. The fraction of sp³-hybridized carbons (Fsp3) is 0.476. The summed E-state index contributed by atoms with van der Waals surface area (Å²) >= 11 is 0. The quantitative estimate of drug-likeness (QED) is 0.880. The minimum absolute atomic E-state index is 0.0183. The molecule has 2 fully saturated rings. The van der Waals surface area contributed by atoms with Gasteiger partial charge in [-0.2, -0.15) is 0 Å². The molecule has 148 valence electrons. The van der Waals surface area contributed by atoms with Gasteiger partial charge in [0.15, 0.2) is 11.5 Å². The molecular formula is C21H28N6O. The van der Waals surface area contributed by atoms with E-state index in [4.69, 9.17) is 0 Å². The SMILES string of the molecule is CN1CCN(c2ccc(Nc3ccc(C(=O)N4CCCCC4)nn3)cc2)CC1.